The number of imide groups is 1. The molecule has 9 nitrogen and oxygen atoms in total. The fourth-order valence-corrected chi connectivity index (χ4v) is 4.85. The Morgan fingerprint density at radius 2 is 1.56 bits per heavy atom. The topological polar surface area (TPSA) is 106 Å². The minimum absolute atomic E-state index is 0.291. The Morgan fingerprint density at radius 1 is 0.912 bits per heavy atom. The van der Waals surface area contributed by atoms with Crippen molar-refractivity contribution < 1.29 is 28.7 Å². The number of hydrogen-bond acceptors (Lipinski definition) is 8. The number of methoxy groups -OCH3 is 1. The third-order valence-electron chi connectivity index (χ3n) is 6.29. The number of anilines is 1. The van der Waals surface area contributed by atoms with Crippen LogP contribution in [0.2, 0.25) is 0 Å². The Morgan fingerprint density at radius 3 is 2.21 bits per heavy atom. The number of carbonyl (C=O) groups is 4. The highest BCUT2D eigenvalue weighted by molar-refractivity contribution is 6.24. The lowest BCUT2D eigenvalue weighted by molar-refractivity contribution is -0.132. The van der Waals surface area contributed by atoms with Gasteiger partial charge in [0, 0.05) is 18.7 Å². The lowest BCUT2D eigenvalue weighted by Crippen LogP contribution is -2.46. The van der Waals surface area contributed by atoms with E-state index in [1.165, 1.54) is 26.2 Å². The number of hydrazone groups is 1. The summed E-state index contributed by atoms with van der Waals surface area (Å²) in [7, 11) is 1.54. The molecular weight excluding hydrogens is 438 g/mol. The number of nitrogens with zero attached hydrogens (tertiary/aromatic N) is 3. The third-order valence-corrected chi connectivity index (χ3v) is 6.29. The van der Waals surface area contributed by atoms with Crippen molar-refractivity contribution in [3.05, 3.63) is 66.2 Å². The van der Waals surface area contributed by atoms with E-state index >= 15 is 0 Å². The zero-order valence-electron chi connectivity index (χ0n) is 18.5. The van der Waals surface area contributed by atoms with Crippen molar-refractivity contribution in [1.29, 1.82) is 0 Å². The molecule has 5 rings (SSSR count). The molecule has 2 fully saturated rings. The van der Waals surface area contributed by atoms with Gasteiger partial charge in [0.15, 0.2) is 5.78 Å². The molecule has 2 saturated heterocycles. The van der Waals surface area contributed by atoms with E-state index in [0.717, 1.165) is 4.90 Å². The minimum atomic E-state index is -0.925. The minimum Gasteiger partial charge on any atom is -0.497 e. The van der Waals surface area contributed by atoms with Gasteiger partial charge in [-0.25, -0.2) is 4.90 Å². The fraction of sp³-hybridized carbons (Fsp3) is 0.240. The maximum atomic E-state index is 13.6. The number of esters is 1. The summed E-state index contributed by atoms with van der Waals surface area (Å²) in [4.78, 5) is 52.9. The molecule has 0 saturated carbocycles. The van der Waals surface area contributed by atoms with E-state index in [9.17, 15) is 19.2 Å². The Kier molecular flexibility index (Phi) is 5.24. The summed E-state index contributed by atoms with van der Waals surface area (Å²) < 4.78 is 10.2. The Hall–Kier alpha value is -4.27. The van der Waals surface area contributed by atoms with E-state index < -0.39 is 41.7 Å². The van der Waals surface area contributed by atoms with Crippen LogP contribution in [-0.4, -0.2) is 54.0 Å². The molecule has 3 aliphatic heterocycles. The Bertz CT molecular complexity index is 1230. The van der Waals surface area contributed by atoms with Crippen molar-refractivity contribution in [2.75, 3.05) is 12.0 Å². The monoisotopic (exact) mass is 459 g/mol. The van der Waals surface area contributed by atoms with Gasteiger partial charge in [0.05, 0.1) is 30.7 Å². The van der Waals surface area contributed by atoms with Crippen LogP contribution in [0, 0.1) is 11.8 Å². The largest absolute Gasteiger partial charge is 0.497 e. The average Bonchev–Trinajstić information content (AvgIpc) is 3.31. The fourth-order valence-electron chi connectivity index (χ4n) is 4.85. The molecule has 172 valence electrons. The molecule has 0 N–H and O–H groups in total. The van der Waals surface area contributed by atoms with Crippen LogP contribution in [0.3, 0.4) is 0 Å². The normalized spacial score (nSPS) is 24.8. The maximum absolute atomic E-state index is 13.6. The number of ketones is 1. The average molecular weight is 459 g/mol. The molecule has 0 aliphatic carbocycles. The predicted octanol–water partition coefficient (Wildman–Crippen LogP) is 2.22. The van der Waals surface area contributed by atoms with Gasteiger partial charge in [-0.05, 0) is 54.6 Å². The summed E-state index contributed by atoms with van der Waals surface area (Å²) in [5.74, 6) is -2.34. The van der Waals surface area contributed by atoms with Crippen molar-refractivity contribution in [2.45, 2.75) is 19.0 Å². The third kappa shape index (κ3) is 3.37. The number of benzene rings is 2. The quantitative estimate of drug-likeness (QED) is 0.292. The van der Waals surface area contributed by atoms with Crippen molar-refractivity contribution >= 4 is 35.5 Å². The van der Waals surface area contributed by atoms with E-state index in [0.29, 0.717) is 22.7 Å². The number of rotatable bonds is 5. The zero-order valence-corrected chi connectivity index (χ0v) is 18.5. The molecule has 2 aromatic rings. The molecule has 3 aliphatic rings. The second kappa shape index (κ2) is 8.26. The maximum Gasteiger partial charge on any atom is 0.308 e. The van der Waals surface area contributed by atoms with Gasteiger partial charge in [-0.15, -0.1) is 0 Å². The molecule has 9 heteroatoms. The van der Waals surface area contributed by atoms with Gasteiger partial charge in [-0.1, -0.05) is 6.08 Å². The number of carbonyl (C=O) groups excluding carboxylic acids is 4. The van der Waals surface area contributed by atoms with Crippen LogP contribution >= 0.6 is 0 Å². The molecule has 2 amide bonds. The first-order valence-electron chi connectivity index (χ1n) is 10.7. The molecule has 0 radical (unpaired) electrons. The van der Waals surface area contributed by atoms with Gasteiger partial charge in [0.25, 0.3) is 0 Å². The van der Waals surface area contributed by atoms with E-state index in [1.807, 2.05) is 0 Å². The standard InChI is InChI=1S/C25H21N3O6/c1-14(29)34-18-11-7-16(8-12-18)27-24(31)20-19-4-3-13-26-28(19)22(21(20)25(27)32)23(30)15-5-9-17(33-2)10-6-15/h3-13,19-22H,1-2H3/t19-,20-,21-,22+/m1/s1. The van der Waals surface area contributed by atoms with Crippen LogP contribution in [0.15, 0.2) is 65.8 Å². The lowest BCUT2D eigenvalue weighted by atomic mass is 9.86. The molecule has 0 unspecified atom stereocenters. The van der Waals surface area contributed by atoms with Crippen LogP contribution in [-0.2, 0) is 14.4 Å². The van der Waals surface area contributed by atoms with E-state index in [1.54, 1.807) is 59.8 Å². The van der Waals surface area contributed by atoms with Gasteiger partial charge in [-0.2, -0.15) is 5.10 Å². The summed E-state index contributed by atoms with van der Waals surface area (Å²) in [5.41, 5.74) is 0.755. The van der Waals surface area contributed by atoms with Crippen LogP contribution in [0.4, 0.5) is 5.69 Å². The van der Waals surface area contributed by atoms with Crippen molar-refractivity contribution in [2.24, 2.45) is 16.9 Å². The van der Waals surface area contributed by atoms with E-state index in [2.05, 4.69) is 5.10 Å². The highest BCUT2D eigenvalue weighted by atomic mass is 16.5. The van der Waals surface area contributed by atoms with Crippen molar-refractivity contribution in [1.82, 2.24) is 5.01 Å². The van der Waals surface area contributed by atoms with E-state index in [4.69, 9.17) is 9.47 Å². The highest BCUT2D eigenvalue weighted by Gasteiger charge is 2.64. The molecule has 34 heavy (non-hydrogen) atoms. The van der Waals surface area contributed by atoms with Crippen LogP contribution < -0.4 is 14.4 Å². The first kappa shape index (κ1) is 21.6. The molecular formula is C25H21N3O6. The predicted molar refractivity (Wildman–Crippen MR) is 122 cm³/mol. The lowest BCUT2D eigenvalue weighted by Gasteiger charge is -2.30. The number of fused-ring (bicyclic) bond motifs is 3. The summed E-state index contributed by atoms with van der Waals surface area (Å²) >= 11 is 0. The number of hydrogen-bond donors (Lipinski definition) is 0. The van der Waals surface area contributed by atoms with Crippen molar-refractivity contribution in [3.8, 4) is 11.5 Å². The Balaban J connectivity index is 1.50. The SMILES string of the molecule is COc1ccc(C(=O)[C@@H]2[C@@H]3C(=O)N(c4ccc(OC(C)=O)cc4)C(=O)[C@@H]3[C@H]3C=CC=NN32)cc1. The number of amides is 2. The number of allylic oxidation sites excluding steroid dienone is 1. The first-order valence-corrected chi connectivity index (χ1v) is 10.7. The van der Waals surface area contributed by atoms with Crippen LogP contribution in [0.1, 0.15) is 17.3 Å². The molecule has 0 spiro atoms. The second-order valence-corrected chi connectivity index (χ2v) is 8.21. The smallest absolute Gasteiger partial charge is 0.308 e. The molecule has 3 heterocycles. The first-order chi connectivity index (χ1) is 16.4. The molecule has 0 bridgehead atoms. The number of ether oxygens (including phenoxy) is 2. The Labute approximate surface area is 195 Å². The van der Waals surface area contributed by atoms with Gasteiger partial charge in [-0.3, -0.25) is 24.2 Å². The van der Waals surface area contributed by atoms with Crippen LogP contribution in [0.25, 0.3) is 0 Å². The van der Waals surface area contributed by atoms with E-state index in [-0.39, 0.29) is 5.78 Å². The molecule has 0 aromatic heterocycles. The van der Waals surface area contributed by atoms with Gasteiger partial charge in [0.2, 0.25) is 11.8 Å². The molecule has 4 atom stereocenters. The summed E-state index contributed by atoms with van der Waals surface area (Å²) in [6, 6.07) is 11.3. The summed E-state index contributed by atoms with van der Waals surface area (Å²) in [5, 5.41) is 5.91. The zero-order chi connectivity index (χ0) is 24.0. The van der Waals surface area contributed by atoms with Crippen LogP contribution in [0.5, 0.6) is 11.5 Å². The van der Waals surface area contributed by atoms with Gasteiger partial charge in [0.1, 0.15) is 17.5 Å². The van der Waals surface area contributed by atoms with Gasteiger partial charge < -0.3 is 9.47 Å². The second-order valence-electron chi connectivity index (χ2n) is 8.21. The van der Waals surface area contributed by atoms with Crippen molar-refractivity contribution in [3.63, 3.8) is 0 Å². The van der Waals surface area contributed by atoms with Gasteiger partial charge >= 0.3 is 5.97 Å². The number of Topliss-reactive ketones (excluding diaryl/α,β-unsaturated/α-hetero) is 1. The summed E-state index contributed by atoms with van der Waals surface area (Å²) in [6.45, 7) is 1.29. The summed E-state index contributed by atoms with van der Waals surface area (Å²) in [6.07, 6.45) is 5.06. The highest BCUT2D eigenvalue weighted by Crippen LogP contribution is 2.46. The molecule has 2 aromatic carbocycles.